The number of hydrogen-bond acceptors (Lipinski definition) is 1. The Morgan fingerprint density at radius 3 is 2.12 bits per heavy atom. The van der Waals surface area contributed by atoms with Gasteiger partial charge < -0.3 is 5.11 Å². The Morgan fingerprint density at radius 2 is 1.75 bits per heavy atom. The Balaban J connectivity index is 2.83. The highest BCUT2D eigenvalue weighted by Crippen LogP contribution is 2.25. The van der Waals surface area contributed by atoms with Gasteiger partial charge in [0.25, 0.3) is 0 Å². The predicted octanol–water partition coefficient (Wildman–Crippen LogP) is 3.56. The van der Waals surface area contributed by atoms with Crippen molar-refractivity contribution in [3.05, 3.63) is 35.4 Å². The summed E-state index contributed by atoms with van der Waals surface area (Å²) in [6, 6.07) is 8.25. The molecule has 0 bridgehead atoms. The molecule has 2 nitrogen and oxygen atoms in total. The first-order valence-electron chi connectivity index (χ1n) is 5.63. The molecule has 1 atom stereocenters. The van der Waals surface area contributed by atoms with Crippen LogP contribution in [0.2, 0.25) is 0 Å². The monoisotopic (exact) mass is 220 g/mol. The Bertz CT molecular complexity index is 357. The molecule has 0 aliphatic heterocycles. The first-order chi connectivity index (χ1) is 7.30. The number of rotatable bonds is 3. The molecule has 0 saturated carbocycles. The maximum absolute atomic E-state index is 10.6. The van der Waals surface area contributed by atoms with Gasteiger partial charge in [-0.3, -0.25) is 4.79 Å². The fourth-order valence-electron chi connectivity index (χ4n) is 1.69. The summed E-state index contributed by atoms with van der Waals surface area (Å²) in [4.78, 5) is 10.6. The zero-order chi connectivity index (χ0) is 12.3. The molecule has 88 valence electrons. The average Bonchev–Trinajstić information content (AvgIpc) is 2.15. The quantitative estimate of drug-likeness (QED) is 0.845. The zero-order valence-electron chi connectivity index (χ0n) is 10.4. The minimum absolute atomic E-state index is 0.0755. The molecule has 0 fully saturated rings. The Morgan fingerprint density at radius 1 is 1.25 bits per heavy atom. The van der Waals surface area contributed by atoms with Crippen LogP contribution >= 0.6 is 0 Å². The zero-order valence-corrected chi connectivity index (χ0v) is 10.4. The third-order valence-corrected chi connectivity index (χ3v) is 2.83. The third-order valence-electron chi connectivity index (χ3n) is 2.83. The summed E-state index contributed by atoms with van der Waals surface area (Å²) in [5.74, 6) is -0.668. The number of hydrogen-bond donors (Lipinski definition) is 1. The predicted molar refractivity (Wildman–Crippen MR) is 65.8 cm³/mol. The van der Waals surface area contributed by atoms with E-state index in [1.54, 1.807) is 0 Å². The maximum atomic E-state index is 10.6. The summed E-state index contributed by atoms with van der Waals surface area (Å²) in [6.07, 6.45) is 0.189. The van der Waals surface area contributed by atoms with E-state index in [4.69, 9.17) is 5.11 Å². The fourth-order valence-corrected chi connectivity index (χ4v) is 1.69. The molecule has 1 aromatic carbocycles. The largest absolute Gasteiger partial charge is 0.481 e. The summed E-state index contributed by atoms with van der Waals surface area (Å²) >= 11 is 0. The number of carbonyl (C=O) groups is 1. The molecular formula is C14H20O2. The molecule has 0 unspecified atom stereocenters. The van der Waals surface area contributed by atoms with E-state index in [0.29, 0.717) is 0 Å². The second-order valence-corrected chi connectivity index (χ2v) is 5.37. The molecule has 0 aromatic heterocycles. The van der Waals surface area contributed by atoms with Gasteiger partial charge in [0.2, 0.25) is 0 Å². The van der Waals surface area contributed by atoms with E-state index in [9.17, 15) is 4.79 Å². The van der Waals surface area contributed by atoms with Crippen molar-refractivity contribution in [2.24, 2.45) is 0 Å². The summed E-state index contributed by atoms with van der Waals surface area (Å²) in [5.41, 5.74) is 2.52. The number of carboxylic acids is 1. The number of carboxylic acid groups (broad SMARTS) is 1. The van der Waals surface area contributed by atoms with E-state index in [1.165, 1.54) is 5.56 Å². The van der Waals surface area contributed by atoms with Crippen molar-refractivity contribution in [3.63, 3.8) is 0 Å². The standard InChI is InChI=1S/C14H20O2/c1-10(9-13(15)16)11-5-7-12(8-6-11)14(2,3)4/h5-8,10H,9H2,1-4H3,(H,15,16)/t10-/m1/s1. The summed E-state index contributed by atoms with van der Waals surface area (Å²) in [5, 5.41) is 8.73. The van der Waals surface area contributed by atoms with E-state index >= 15 is 0 Å². The highest BCUT2D eigenvalue weighted by molar-refractivity contribution is 5.67. The molecule has 0 heterocycles. The van der Waals surface area contributed by atoms with Crippen LogP contribution in [-0.4, -0.2) is 11.1 Å². The van der Waals surface area contributed by atoms with Gasteiger partial charge in [0.05, 0.1) is 6.42 Å². The lowest BCUT2D eigenvalue weighted by atomic mass is 9.85. The average molecular weight is 220 g/mol. The summed E-state index contributed by atoms with van der Waals surface area (Å²) < 4.78 is 0. The molecule has 16 heavy (non-hydrogen) atoms. The molecule has 0 saturated heterocycles. The first kappa shape index (κ1) is 12.8. The Labute approximate surface area is 97.3 Å². The fraction of sp³-hybridized carbons (Fsp3) is 0.500. The van der Waals surface area contributed by atoms with E-state index in [1.807, 2.05) is 19.1 Å². The van der Waals surface area contributed by atoms with Crippen LogP contribution < -0.4 is 0 Å². The van der Waals surface area contributed by atoms with Gasteiger partial charge >= 0.3 is 5.97 Å². The van der Waals surface area contributed by atoms with E-state index in [0.717, 1.165) is 5.56 Å². The van der Waals surface area contributed by atoms with E-state index in [2.05, 4.69) is 32.9 Å². The Hall–Kier alpha value is -1.31. The number of aliphatic carboxylic acids is 1. The van der Waals surface area contributed by atoms with Gasteiger partial charge in [-0.05, 0) is 22.5 Å². The van der Waals surface area contributed by atoms with Crippen LogP contribution in [0.5, 0.6) is 0 Å². The van der Waals surface area contributed by atoms with Crippen molar-refractivity contribution in [3.8, 4) is 0 Å². The highest BCUT2D eigenvalue weighted by atomic mass is 16.4. The second-order valence-electron chi connectivity index (χ2n) is 5.37. The van der Waals surface area contributed by atoms with Crippen LogP contribution in [0.1, 0.15) is 51.2 Å². The first-order valence-corrected chi connectivity index (χ1v) is 5.63. The van der Waals surface area contributed by atoms with Crippen molar-refractivity contribution < 1.29 is 9.90 Å². The molecule has 0 radical (unpaired) electrons. The van der Waals surface area contributed by atoms with Gasteiger partial charge in [-0.1, -0.05) is 52.0 Å². The van der Waals surface area contributed by atoms with Gasteiger partial charge in [-0.2, -0.15) is 0 Å². The minimum Gasteiger partial charge on any atom is -0.481 e. The van der Waals surface area contributed by atoms with E-state index < -0.39 is 5.97 Å². The van der Waals surface area contributed by atoms with Crippen LogP contribution in [0.4, 0.5) is 0 Å². The van der Waals surface area contributed by atoms with Crippen LogP contribution in [0.25, 0.3) is 0 Å². The van der Waals surface area contributed by atoms with E-state index in [-0.39, 0.29) is 17.8 Å². The highest BCUT2D eigenvalue weighted by Gasteiger charge is 2.14. The van der Waals surface area contributed by atoms with Crippen molar-refractivity contribution in [2.75, 3.05) is 0 Å². The smallest absolute Gasteiger partial charge is 0.303 e. The molecule has 0 spiro atoms. The number of benzene rings is 1. The van der Waals surface area contributed by atoms with Crippen LogP contribution in [0.3, 0.4) is 0 Å². The molecule has 0 amide bonds. The SMILES string of the molecule is C[C@H](CC(=O)O)c1ccc(C(C)(C)C)cc1. The van der Waals surface area contributed by atoms with Crippen molar-refractivity contribution in [1.82, 2.24) is 0 Å². The van der Waals surface area contributed by atoms with Crippen molar-refractivity contribution in [1.29, 1.82) is 0 Å². The molecule has 2 heteroatoms. The van der Waals surface area contributed by atoms with Gasteiger partial charge in [0.1, 0.15) is 0 Å². The van der Waals surface area contributed by atoms with Crippen molar-refractivity contribution >= 4 is 5.97 Å². The van der Waals surface area contributed by atoms with Crippen LogP contribution in [-0.2, 0) is 10.2 Å². The molecule has 0 aliphatic carbocycles. The lowest BCUT2D eigenvalue weighted by Gasteiger charge is -2.20. The van der Waals surface area contributed by atoms with Gasteiger partial charge in [-0.15, -0.1) is 0 Å². The normalized spacial score (nSPS) is 13.5. The van der Waals surface area contributed by atoms with Gasteiger partial charge in [0.15, 0.2) is 0 Å². The molecular weight excluding hydrogens is 200 g/mol. The molecule has 0 aliphatic rings. The topological polar surface area (TPSA) is 37.3 Å². The Kier molecular flexibility index (Phi) is 3.74. The summed E-state index contributed by atoms with van der Waals surface area (Å²) in [6.45, 7) is 8.45. The van der Waals surface area contributed by atoms with Gasteiger partial charge in [-0.25, -0.2) is 0 Å². The van der Waals surface area contributed by atoms with Crippen LogP contribution in [0, 0.1) is 0 Å². The van der Waals surface area contributed by atoms with Gasteiger partial charge in [0, 0.05) is 0 Å². The second kappa shape index (κ2) is 4.69. The molecule has 1 N–H and O–H groups in total. The molecule has 1 aromatic rings. The summed E-state index contributed by atoms with van der Waals surface area (Å²) in [7, 11) is 0. The van der Waals surface area contributed by atoms with Crippen molar-refractivity contribution in [2.45, 2.75) is 45.4 Å². The third kappa shape index (κ3) is 3.37. The van der Waals surface area contributed by atoms with Crippen LogP contribution in [0.15, 0.2) is 24.3 Å². The lowest BCUT2D eigenvalue weighted by Crippen LogP contribution is -2.11. The minimum atomic E-state index is -0.743. The lowest BCUT2D eigenvalue weighted by molar-refractivity contribution is -0.137. The molecule has 1 rings (SSSR count). The maximum Gasteiger partial charge on any atom is 0.303 e.